The van der Waals surface area contributed by atoms with E-state index in [4.69, 9.17) is 0 Å². The molecule has 1 aliphatic carbocycles. The van der Waals surface area contributed by atoms with Gasteiger partial charge in [-0.05, 0) is 37.3 Å². The molecule has 2 aromatic rings. The lowest BCUT2D eigenvalue weighted by Gasteiger charge is -2.29. The van der Waals surface area contributed by atoms with Gasteiger partial charge in [0.15, 0.2) is 5.82 Å². The Kier molecular flexibility index (Phi) is 3.70. The molecular formula is C17H23N3O. The van der Waals surface area contributed by atoms with Gasteiger partial charge in [-0.3, -0.25) is 9.89 Å². The SMILES string of the molecule is CC(C)CC1(C(=O)Nc2n[nH]c3ccccc23)CCCC1. The number of aromatic nitrogens is 2. The minimum atomic E-state index is -0.200. The lowest BCUT2D eigenvalue weighted by atomic mass is 9.77. The maximum Gasteiger partial charge on any atom is 0.231 e. The van der Waals surface area contributed by atoms with Crippen molar-refractivity contribution < 1.29 is 4.79 Å². The molecule has 112 valence electrons. The standard InChI is InChI=1S/C17H23N3O/c1-12(2)11-17(9-5-6-10-17)16(21)18-15-13-7-3-4-8-14(13)19-20-15/h3-4,7-8,12H,5-6,9-11H2,1-2H3,(H2,18,19,20,21). The summed E-state index contributed by atoms with van der Waals surface area (Å²) in [5.41, 5.74) is 0.755. The van der Waals surface area contributed by atoms with Gasteiger partial charge in [0.2, 0.25) is 5.91 Å². The number of benzene rings is 1. The molecule has 21 heavy (non-hydrogen) atoms. The molecule has 0 bridgehead atoms. The van der Waals surface area contributed by atoms with Crippen LogP contribution in [0.4, 0.5) is 5.82 Å². The van der Waals surface area contributed by atoms with Gasteiger partial charge in [-0.25, -0.2) is 0 Å². The molecule has 4 heteroatoms. The van der Waals surface area contributed by atoms with Crippen LogP contribution in [0.2, 0.25) is 0 Å². The van der Waals surface area contributed by atoms with Crippen LogP contribution in [0.25, 0.3) is 10.9 Å². The van der Waals surface area contributed by atoms with E-state index in [1.807, 2.05) is 24.3 Å². The van der Waals surface area contributed by atoms with Gasteiger partial charge in [-0.1, -0.05) is 38.8 Å². The lowest BCUT2D eigenvalue weighted by molar-refractivity contribution is -0.126. The number of carbonyl (C=O) groups is 1. The van der Waals surface area contributed by atoms with Gasteiger partial charge in [0, 0.05) is 10.8 Å². The highest BCUT2D eigenvalue weighted by Gasteiger charge is 2.41. The van der Waals surface area contributed by atoms with Crippen molar-refractivity contribution in [3.63, 3.8) is 0 Å². The van der Waals surface area contributed by atoms with E-state index in [2.05, 4.69) is 29.4 Å². The quantitative estimate of drug-likeness (QED) is 0.888. The van der Waals surface area contributed by atoms with Crippen LogP contribution < -0.4 is 5.32 Å². The van der Waals surface area contributed by atoms with E-state index in [0.29, 0.717) is 11.7 Å². The zero-order valence-electron chi connectivity index (χ0n) is 12.8. The second-order valence-electron chi connectivity index (χ2n) is 6.66. The first kappa shape index (κ1) is 14.1. The van der Waals surface area contributed by atoms with Crippen molar-refractivity contribution in [2.45, 2.75) is 46.0 Å². The Balaban J connectivity index is 1.84. The number of nitrogens with one attached hydrogen (secondary N) is 2. The van der Waals surface area contributed by atoms with Crippen molar-refractivity contribution in [1.82, 2.24) is 10.2 Å². The van der Waals surface area contributed by atoms with E-state index >= 15 is 0 Å². The van der Waals surface area contributed by atoms with Crippen LogP contribution in [-0.4, -0.2) is 16.1 Å². The molecule has 1 aromatic heterocycles. The van der Waals surface area contributed by atoms with Crippen LogP contribution in [0.3, 0.4) is 0 Å². The summed E-state index contributed by atoms with van der Waals surface area (Å²) < 4.78 is 0. The van der Waals surface area contributed by atoms with E-state index in [9.17, 15) is 4.79 Å². The first-order valence-corrected chi connectivity index (χ1v) is 7.85. The third-order valence-electron chi connectivity index (χ3n) is 4.54. The van der Waals surface area contributed by atoms with Crippen molar-refractivity contribution in [2.24, 2.45) is 11.3 Å². The van der Waals surface area contributed by atoms with Gasteiger partial charge in [0.05, 0.1) is 5.52 Å². The van der Waals surface area contributed by atoms with Crippen LogP contribution in [0, 0.1) is 11.3 Å². The number of carbonyl (C=O) groups excluding carboxylic acids is 1. The lowest BCUT2D eigenvalue weighted by Crippen LogP contribution is -2.35. The molecule has 0 spiro atoms. The summed E-state index contributed by atoms with van der Waals surface area (Å²) in [6, 6.07) is 7.88. The largest absolute Gasteiger partial charge is 0.308 e. The van der Waals surface area contributed by atoms with E-state index in [0.717, 1.165) is 43.0 Å². The number of nitrogens with zero attached hydrogens (tertiary/aromatic N) is 1. The monoisotopic (exact) mass is 285 g/mol. The Morgan fingerprint density at radius 3 is 2.76 bits per heavy atom. The van der Waals surface area contributed by atoms with Crippen LogP contribution in [0.1, 0.15) is 46.0 Å². The minimum absolute atomic E-state index is 0.144. The number of hydrogen-bond acceptors (Lipinski definition) is 2. The molecule has 1 saturated carbocycles. The molecule has 0 aliphatic heterocycles. The molecule has 0 atom stereocenters. The number of rotatable bonds is 4. The highest BCUT2D eigenvalue weighted by molar-refractivity contribution is 6.01. The van der Waals surface area contributed by atoms with Crippen molar-refractivity contribution in [2.75, 3.05) is 5.32 Å². The van der Waals surface area contributed by atoms with Gasteiger partial charge in [-0.2, -0.15) is 5.10 Å². The van der Waals surface area contributed by atoms with Gasteiger partial charge in [-0.15, -0.1) is 0 Å². The Hall–Kier alpha value is -1.84. The van der Waals surface area contributed by atoms with Crippen LogP contribution in [0.5, 0.6) is 0 Å². The molecule has 1 heterocycles. The maximum atomic E-state index is 12.8. The minimum Gasteiger partial charge on any atom is -0.308 e. The Morgan fingerprint density at radius 1 is 1.33 bits per heavy atom. The van der Waals surface area contributed by atoms with E-state index in [-0.39, 0.29) is 11.3 Å². The first-order chi connectivity index (χ1) is 10.1. The fourth-order valence-electron chi connectivity index (χ4n) is 3.66. The second-order valence-corrected chi connectivity index (χ2v) is 6.66. The molecule has 2 N–H and O–H groups in total. The molecule has 0 radical (unpaired) electrons. The molecule has 1 aromatic carbocycles. The highest BCUT2D eigenvalue weighted by atomic mass is 16.2. The van der Waals surface area contributed by atoms with Crippen LogP contribution in [-0.2, 0) is 4.79 Å². The summed E-state index contributed by atoms with van der Waals surface area (Å²) in [6.45, 7) is 4.38. The zero-order chi connectivity index (χ0) is 14.9. The smallest absolute Gasteiger partial charge is 0.231 e. The molecule has 1 amide bonds. The summed E-state index contributed by atoms with van der Waals surface area (Å²) >= 11 is 0. The molecule has 1 fully saturated rings. The van der Waals surface area contributed by atoms with Gasteiger partial charge >= 0.3 is 0 Å². The topological polar surface area (TPSA) is 57.8 Å². The van der Waals surface area contributed by atoms with Gasteiger partial charge < -0.3 is 5.32 Å². The summed E-state index contributed by atoms with van der Waals surface area (Å²) in [5, 5.41) is 11.3. The molecular weight excluding hydrogens is 262 g/mol. The average molecular weight is 285 g/mol. The number of para-hydroxylation sites is 1. The maximum absolute atomic E-state index is 12.8. The summed E-state index contributed by atoms with van der Waals surface area (Å²) in [4.78, 5) is 12.8. The third kappa shape index (κ3) is 2.67. The average Bonchev–Trinajstić information content (AvgIpc) is 3.07. The summed E-state index contributed by atoms with van der Waals surface area (Å²) in [6.07, 6.45) is 5.27. The molecule has 0 saturated heterocycles. The number of aromatic amines is 1. The van der Waals surface area contributed by atoms with E-state index in [1.165, 1.54) is 0 Å². The summed E-state index contributed by atoms with van der Waals surface area (Å²) in [5.74, 6) is 1.33. The van der Waals surface area contributed by atoms with Gasteiger partial charge in [0.25, 0.3) is 0 Å². The van der Waals surface area contributed by atoms with E-state index < -0.39 is 0 Å². The van der Waals surface area contributed by atoms with Gasteiger partial charge in [0.1, 0.15) is 0 Å². The molecule has 3 rings (SSSR count). The van der Waals surface area contributed by atoms with Crippen LogP contribution >= 0.6 is 0 Å². The predicted molar refractivity (Wildman–Crippen MR) is 85.1 cm³/mol. The van der Waals surface area contributed by atoms with E-state index in [1.54, 1.807) is 0 Å². The number of hydrogen-bond donors (Lipinski definition) is 2. The number of anilines is 1. The molecule has 4 nitrogen and oxygen atoms in total. The fraction of sp³-hybridized carbons (Fsp3) is 0.529. The number of H-pyrrole nitrogens is 1. The van der Waals surface area contributed by atoms with Crippen molar-refractivity contribution in [3.8, 4) is 0 Å². The Bertz CT molecular complexity index is 638. The normalized spacial score (nSPS) is 17.5. The second kappa shape index (κ2) is 5.51. The van der Waals surface area contributed by atoms with Crippen LogP contribution in [0.15, 0.2) is 24.3 Å². The summed E-state index contributed by atoms with van der Waals surface area (Å²) in [7, 11) is 0. The Labute approximate surface area is 125 Å². The fourth-order valence-corrected chi connectivity index (χ4v) is 3.66. The molecule has 0 unspecified atom stereocenters. The third-order valence-corrected chi connectivity index (χ3v) is 4.54. The Morgan fingerprint density at radius 2 is 2.05 bits per heavy atom. The van der Waals surface area contributed by atoms with Crippen molar-refractivity contribution in [3.05, 3.63) is 24.3 Å². The highest BCUT2D eigenvalue weighted by Crippen LogP contribution is 2.44. The number of amides is 1. The predicted octanol–water partition coefficient (Wildman–Crippen LogP) is 4.11. The first-order valence-electron chi connectivity index (χ1n) is 7.85. The van der Waals surface area contributed by atoms with Crippen molar-refractivity contribution >= 4 is 22.6 Å². The molecule has 1 aliphatic rings. The van der Waals surface area contributed by atoms with Crippen molar-refractivity contribution in [1.29, 1.82) is 0 Å². The number of fused-ring (bicyclic) bond motifs is 1. The zero-order valence-corrected chi connectivity index (χ0v) is 12.8.